The molecule has 1 atom stereocenters. The minimum Gasteiger partial charge on any atom is -0.493 e. The van der Waals surface area contributed by atoms with Crippen molar-refractivity contribution in [1.82, 2.24) is 9.80 Å². The van der Waals surface area contributed by atoms with E-state index in [2.05, 4.69) is 21.9 Å². The number of aliphatic carboxylic acids is 1. The van der Waals surface area contributed by atoms with Crippen molar-refractivity contribution in [1.29, 1.82) is 0 Å². The quantitative estimate of drug-likeness (QED) is 0.884. The van der Waals surface area contributed by atoms with Crippen molar-refractivity contribution in [3.8, 4) is 5.75 Å². The fourth-order valence-corrected chi connectivity index (χ4v) is 3.14. The van der Waals surface area contributed by atoms with E-state index in [1.165, 1.54) is 5.56 Å². The van der Waals surface area contributed by atoms with Crippen LogP contribution in [0.1, 0.15) is 17.9 Å². The predicted molar refractivity (Wildman–Crippen MR) is 79.8 cm³/mol. The van der Waals surface area contributed by atoms with Crippen LogP contribution in [0.3, 0.4) is 0 Å². The van der Waals surface area contributed by atoms with E-state index in [-0.39, 0.29) is 6.42 Å². The van der Waals surface area contributed by atoms with Gasteiger partial charge in [0.25, 0.3) is 0 Å². The normalized spacial score (nSPS) is 22.8. The molecule has 5 nitrogen and oxygen atoms in total. The predicted octanol–water partition coefficient (Wildman–Crippen LogP) is 1.25. The Hall–Kier alpha value is -1.59. The minimum atomic E-state index is -0.711. The molecule has 0 aliphatic carbocycles. The van der Waals surface area contributed by atoms with Crippen molar-refractivity contribution in [2.75, 3.05) is 45.9 Å². The zero-order chi connectivity index (χ0) is 14.7. The van der Waals surface area contributed by atoms with Gasteiger partial charge in [-0.2, -0.15) is 0 Å². The summed E-state index contributed by atoms with van der Waals surface area (Å²) in [5.41, 5.74) is 1.32. The second-order valence-corrected chi connectivity index (χ2v) is 5.83. The molecule has 1 fully saturated rings. The Balaban J connectivity index is 1.47. The van der Waals surface area contributed by atoms with Crippen molar-refractivity contribution in [2.45, 2.75) is 12.3 Å². The van der Waals surface area contributed by atoms with Gasteiger partial charge in [0.05, 0.1) is 13.0 Å². The van der Waals surface area contributed by atoms with Gasteiger partial charge in [0.1, 0.15) is 5.75 Å². The van der Waals surface area contributed by atoms with Crippen LogP contribution in [0.15, 0.2) is 24.3 Å². The van der Waals surface area contributed by atoms with E-state index < -0.39 is 5.97 Å². The first-order valence-electron chi connectivity index (χ1n) is 7.60. The molecule has 0 aromatic heterocycles. The van der Waals surface area contributed by atoms with E-state index in [4.69, 9.17) is 9.84 Å². The van der Waals surface area contributed by atoms with Gasteiger partial charge in [-0.25, -0.2) is 0 Å². The molecule has 114 valence electrons. The molecule has 0 bridgehead atoms. The van der Waals surface area contributed by atoms with E-state index in [1.807, 2.05) is 12.1 Å². The molecule has 1 saturated heterocycles. The summed E-state index contributed by atoms with van der Waals surface area (Å²) in [5, 5.41) is 8.73. The molecule has 1 N–H and O–H groups in total. The number of carbonyl (C=O) groups is 1. The van der Waals surface area contributed by atoms with Crippen LogP contribution in [0.25, 0.3) is 0 Å². The molecule has 0 saturated carbocycles. The van der Waals surface area contributed by atoms with E-state index >= 15 is 0 Å². The van der Waals surface area contributed by atoms with E-state index in [1.54, 1.807) is 0 Å². The first-order valence-corrected chi connectivity index (χ1v) is 7.60. The number of para-hydroxylation sites is 1. The fraction of sp³-hybridized carbons (Fsp3) is 0.562. The van der Waals surface area contributed by atoms with Gasteiger partial charge in [-0.1, -0.05) is 18.2 Å². The smallest absolute Gasteiger partial charge is 0.304 e. The van der Waals surface area contributed by atoms with Crippen molar-refractivity contribution in [3.63, 3.8) is 0 Å². The molecule has 0 amide bonds. The maximum Gasteiger partial charge on any atom is 0.304 e. The third-order valence-electron chi connectivity index (χ3n) is 4.38. The molecule has 1 unspecified atom stereocenters. The number of carboxylic acid groups (broad SMARTS) is 1. The monoisotopic (exact) mass is 290 g/mol. The largest absolute Gasteiger partial charge is 0.493 e. The number of ether oxygens (including phenoxy) is 1. The summed E-state index contributed by atoms with van der Waals surface area (Å²) in [6, 6.07) is 8.29. The minimum absolute atomic E-state index is 0.240. The summed E-state index contributed by atoms with van der Waals surface area (Å²) in [5.74, 6) is 0.784. The van der Waals surface area contributed by atoms with Crippen LogP contribution in [0, 0.1) is 0 Å². The average molecular weight is 290 g/mol. The molecule has 1 aromatic rings. The van der Waals surface area contributed by atoms with Gasteiger partial charge in [0, 0.05) is 50.7 Å². The number of hydrogen-bond acceptors (Lipinski definition) is 4. The molecule has 2 aliphatic rings. The summed E-state index contributed by atoms with van der Waals surface area (Å²) < 4.78 is 5.74. The summed E-state index contributed by atoms with van der Waals surface area (Å²) in [7, 11) is 0. The molecule has 2 aliphatic heterocycles. The van der Waals surface area contributed by atoms with Crippen molar-refractivity contribution in [3.05, 3.63) is 29.8 Å². The van der Waals surface area contributed by atoms with Crippen LogP contribution in [0.4, 0.5) is 0 Å². The Kier molecular flexibility index (Phi) is 4.41. The summed E-state index contributed by atoms with van der Waals surface area (Å²) in [4.78, 5) is 15.3. The highest BCUT2D eigenvalue weighted by Gasteiger charge is 2.27. The standard InChI is InChI=1S/C16H22N2O3/c19-16(20)5-6-17-7-9-18(10-8-17)11-13-12-21-15-4-2-1-3-14(13)15/h1-4,13H,5-12H2,(H,19,20). The lowest BCUT2D eigenvalue weighted by Crippen LogP contribution is -2.48. The van der Waals surface area contributed by atoms with Crippen LogP contribution < -0.4 is 4.74 Å². The highest BCUT2D eigenvalue weighted by atomic mass is 16.5. The molecule has 2 heterocycles. The van der Waals surface area contributed by atoms with Crippen LogP contribution in [0.2, 0.25) is 0 Å². The lowest BCUT2D eigenvalue weighted by atomic mass is 10.0. The molecule has 1 aromatic carbocycles. The highest BCUT2D eigenvalue weighted by Crippen LogP contribution is 2.33. The van der Waals surface area contributed by atoms with Gasteiger partial charge in [0.15, 0.2) is 0 Å². The number of piperazine rings is 1. The molecular formula is C16H22N2O3. The maximum atomic E-state index is 10.6. The first-order chi connectivity index (χ1) is 10.2. The zero-order valence-electron chi connectivity index (χ0n) is 12.2. The first kappa shape index (κ1) is 14.4. The molecule has 0 spiro atoms. The molecular weight excluding hydrogens is 268 g/mol. The van der Waals surface area contributed by atoms with Gasteiger partial charge in [-0.05, 0) is 6.07 Å². The van der Waals surface area contributed by atoms with Gasteiger partial charge < -0.3 is 19.6 Å². The van der Waals surface area contributed by atoms with E-state index in [0.717, 1.165) is 45.1 Å². The van der Waals surface area contributed by atoms with Gasteiger partial charge in [0.2, 0.25) is 0 Å². The van der Waals surface area contributed by atoms with Crippen LogP contribution in [0.5, 0.6) is 5.75 Å². The van der Waals surface area contributed by atoms with Gasteiger partial charge in [-0.3, -0.25) is 4.79 Å². The SMILES string of the molecule is O=C(O)CCN1CCN(CC2COc3ccccc32)CC1. The molecule has 21 heavy (non-hydrogen) atoms. The topological polar surface area (TPSA) is 53.0 Å². The molecule has 3 rings (SSSR count). The number of fused-ring (bicyclic) bond motifs is 1. The van der Waals surface area contributed by atoms with Crippen LogP contribution in [-0.2, 0) is 4.79 Å². The second-order valence-electron chi connectivity index (χ2n) is 5.83. The Morgan fingerprint density at radius 1 is 1.19 bits per heavy atom. The number of hydrogen-bond donors (Lipinski definition) is 1. The van der Waals surface area contributed by atoms with Crippen LogP contribution >= 0.6 is 0 Å². The number of nitrogens with zero attached hydrogens (tertiary/aromatic N) is 2. The van der Waals surface area contributed by atoms with Crippen molar-refractivity contribution < 1.29 is 14.6 Å². The summed E-state index contributed by atoms with van der Waals surface area (Å²) in [6.07, 6.45) is 0.240. The number of carboxylic acids is 1. The Morgan fingerprint density at radius 2 is 1.90 bits per heavy atom. The zero-order valence-corrected chi connectivity index (χ0v) is 12.2. The van der Waals surface area contributed by atoms with Gasteiger partial charge >= 0.3 is 5.97 Å². The summed E-state index contributed by atoms with van der Waals surface area (Å²) in [6.45, 7) is 6.42. The Bertz CT molecular complexity index is 498. The highest BCUT2D eigenvalue weighted by molar-refractivity contribution is 5.66. The summed E-state index contributed by atoms with van der Waals surface area (Å²) >= 11 is 0. The van der Waals surface area contributed by atoms with Crippen molar-refractivity contribution in [2.24, 2.45) is 0 Å². The lowest BCUT2D eigenvalue weighted by molar-refractivity contribution is -0.137. The lowest BCUT2D eigenvalue weighted by Gasteiger charge is -2.35. The van der Waals surface area contributed by atoms with Crippen LogP contribution in [-0.4, -0.2) is 66.8 Å². The third kappa shape index (κ3) is 3.54. The fourth-order valence-electron chi connectivity index (χ4n) is 3.14. The maximum absolute atomic E-state index is 10.6. The van der Waals surface area contributed by atoms with Crippen molar-refractivity contribution >= 4 is 5.97 Å². The average Bonchev–Trinajstić information content (AvgIpc) is 2.90. The molecule has 0 radical (unpaired) electrons. The van der Waals surface area contributed by atoms with E-state index in [0.29, 0.717) is 12.5 Å². The number of benzene rings is 1. The Morgan fingerprint density at radius 3 is 2.67 bits per heavy atom. The third-order valence-corrected chi connectivity index (χ3v) is 4.38. The van der Waals surface area contributed by atoms with E-state index in [9.17, 15) is 4.79 Å². The van der Waals surface area contributed by atoms with Gasteiger partial charge in [-0.15, -0.1) is 0 Å². The molecule has 5 heteroatoms. The second kappa shape index (κ2) is 6.45. The number of rotatable bonds is 5. The Labute approximate surface area is 125 Å².